The van der Waals surface area contributed by atoms with Crippen LogP contribution >= 0.6 is 0 Å². The summed E-state index contributed by atoms with van der Waals surface area (Å²) in [6, 6.07) is 7.62. The summed E-state index contributed by atoms with van der Waals surface area (Å²) in [6.07, 6.45) is 0. The molecule has 0 saturated carbocycles. The number of aromatic amines is 1. The van der Waals surface area contributed by atoms with E-state index >= 15 is 0 Å². The zero-order valence-electron chi connectivity index (χ0n) is 11.0. The van der Waals surface area contributed by atoms with E-state index in [0.717, 1.165) is 16.7 Å². The summed E-state index contributed by atoms with van der Waals surface area (Å²) < 4.78 is 5.17. The average Bonchev–Trinajstić information content (AvgIpc) is 2.82. The molecule has 0 atom stereocenters. The number of carbonyl (C=O) groups excluding carboxylic acids is 1. The van der Waals surface area contributed by atoms with Gasteiger partial charge in [-0.05, 0) is 32.0 Å². The number of carbonyl (C=O) groups is 1. The molecule has 1 amide bonds. The fraction of sp³-hybridized carbons (Fsp3) is 0.357. The Bertz CT molecular complexity index is 556. The third-order valence-electron chi connectivity index (χ3n) is 3.11. The lowest BCUT2D eigenvalue weighted by atomic mass is 10.2. The Morgan fingerprint density at radius 3 is 2.61 bits per heavy atom. The molecule has 1 N–H and O–H groups in total. The lowest BCUT2D eigenvalue weighted by molar-refractivity contribution is 0.0768. The Balaban J connectivity index is 2.37. The second-order valence-corrected chi connectivity index (χ2v) is 4.11. The van der Waals surface area contributed by atoms with Gasteiger partial charge in [0.1, 0.15) is 11.4 Å². The topological polar surface area (TPSA) is 45.3 Å². The van der Waals surface area contributed by atoms with Gasteiger partial charge in [-0.25, -0.2) is 0 Å². The summed E-state index contributed by atoms with van der Waals surface area (Å²) in [5.74, 6) is 0.821. The van der Waals surface area contributed by atoms with Crippen LogP contribution in [-0.2, 0) is 0 Å². The molecule has 4 heteroatoms. The van der Waals surface area contributed by atoms with E-state index in [-0.39, 0.29) is 5.91 Å². The minimum Gasteiger partial charge on any atom is -0.497 e. The van der Waals surface area contributed by atoms with Gasteiger partial charge in [0.2, 0.25) is 0 Å². The van der Waals surface area contributed by atoms with E-state index in [1.165, 1.54) is 0 Å². The number of methoxy groups -OCH3 is 1. The summed E-state index contributed by atoms with van der Waals surface area (Å²) in [6.45, 7) is 5.39. The number of aromatic nitrogens is 1. The highest BCUT2D eigenvalue weighted by Crippen LogP contribution is 2.21. The molecule has 0 aliphatic heterocycles. The first kappa shape index (κ1) is 12.5. The van der Waals surface area contributed by atoms with Gasteiger partial charge in [-0.2, -0.15) is 0 Å². The Hall–Kier alpha value is -1.97. The van der Waals surface area contributed by atoms with Crippen LogP contribution in [0.2, 0.25) is 0 Å². The Morgan fingerprint density at radius 1 is 1.28 bits per heavy atom. The van der Waals surface area contributed by atoms with E-state index in [4.69, 9.17) is 4.74 Å². The zero-order chi connectivity index (χ0) is 13.1. The van der Waals surface area contributed by atoms with E-state index in [2.05, 4.69) is 4.98 Å². The average molecular weight is 246 g/mol. The number of nitrogens with one attached hydrogen (secondary N) is 1. The third kappa shape index (κ3) is 2.18. The molecule has 1 aromatic heterocycles. The minimum atomic E-state index is 0.0372. The summed E-state index contributed by atoms with van der Waals surface area (Å²) in [7, 11) is 1.63. The number of hydrogen-bond donors (Lipinski definition) is 1. The van der Waals surface area contributed by atoms with Crippen molar-refractivity contribution in [2.24, 2.45) is 0 Å². The second kappa shape index (κ2) is 5.12. The molecule has 18 heavy (non-hydrogen) atoms. The van der Waals surface area contributed by atoms with Gasteiger partial charge >= 0.3 is 0 Å². The van der Waals surface area contributed by atoms with Crippen LogP contribution < -0.4 is 4.74 Å². The van der Waals surface area contributed by atoms with Crippen molar-refractivity contribution < 1.29 is 9.53 Å². The Morgan fingerprint density at radius 2 is 2.00 bits per heavy atom. The van der Waals surface area contributed by atoms with Crippen molar-refractivity contribution >= 4 is 16.8 Å². The summed E-state index contributed by atoms with van der Waals surface area (Å²) in [4.78, 5) is 17.1. The van der Waals surface area contributed by atoms with Gasteiger partial charge < -0.3 is 14.6 Å². The zero-order valence-corrected chi connectivity index (χ0v) is 11.0. The van der Waals surface area contributed by atoms with Crippen molar-refractivity contribution in [3.8, 4) is 5.75 Å². The Kier molecular flexibility index (Phi) is 3.55. The molecule has 2 aromatic rings. The van der Waals surface area contributed by atoms with Crippen LogP contribution in [0.15, 0.2) is 24.3 Å². The molecule has 0 saturated heterocycles. The number of hydrogen-bond acceptors (Lipinski definition) is 2. The molecule has 0 spiro atoms. The minimum absolute atomic E-state index is 0.0372. The van der Waals surface area contributed by atoms with Crippen molar-refractivity contribution in [2.45, 2.75) is 13.8 Å². The smallest absolute Gasteiger partial charge is 0.270 e. The second-order valence-electron chi connectivity index (χ2n) is 4.11. The van der Waals surface area contributed by atoms with E-state index in [1.54, 1.807) is 12.0 Å². The van der Waals surface area contributed by atoms with Crippen molar-refractivity contribution in [2.75, 3.05) is 20.2 Å². The Labute approximate surface area is 107 Å². The summed E-state index contributed by atoms with van der Waals surface area (Å²) >= 11 is 0. The lowest BCUT2D eigenvalue weighted by Crippen LogP contribution is -2.30. The molecule has 0 unspecified atom stereocenters. The fourth-order valence-electron chi connectivity index (χ4n) is 2.03. The standard InChI is InChI=1S/C14H18N2O2/c1-4-16(5-2)14(17)13-8-10-6-7-11(18-3)9-12(10)15-13/h6-9,15H,4-5H2,1-3H3. The lowest BCUT2D eigenvalue weighted by Gasteiger charge is -2.17. The molecule has 4 nitrogen and oxygen atoms in total. The molecule has 1 heterocycles. The van der Waals surface area contributed by atoms with Gasteiger partial charge in [0.25, 0.3) is 5.91 Å². The van der Waals surface area contributed by atoms with Crippen LogP contribution in [0, 0.1) is 0 Å². The molecular weight excluding hydrogens is 228 g/mol. The number of nitrogens with zero attached hydrogens (tertiary/aromatic N) is 1. The predicted octanol–water partition coefficient (Wildman–Crippen LogP) is 2.66. The molecule has 2 rings (SSSR count). The van der Waals surface area contributed by atoms with Gasteiger partial charge in [0, 0.05) is 30.1 Å². The van der Waals surface area contributed by atoms with E-state index < -0.39 is 0 Å². The molecule has 0 bridgehead atoms. The molecule has 0 fully saturated rings. The van der Waals surface area contributed by atoms with E-state index in [9.17, 15) is 4.79 Å². The van der Waals surface area contributed by atoms with Gasteiger partial charge in [-0.1, -0.05) is 0 Å². The van der Waals surface area contributed by atoms with Crippen LogP contribution in [0.3, 0.4) is 0 Å². The largest absolute Gasteiger partial charge is 0.497 e. The van der Waals surface area contributed by atoms with Gasteiger partial charge in [0.15, 0.2) is 0 Å². The van der Waals surface area contributed by atoms with E-state index in [1.807, 2.05) is 38.1 Å². The van der Waals surface area contributed by atoms with Crippen LogP contribution in [0.4, 0.5) is 0 Å². The highest BCUT2D eigenvalue weighted by molar-refractivity contribution is 5.98. The van der Waals surface area contributed by atoms with Crippen LogP contribution in [0.1, 0.15) is 24.3 Å². The highest BCUT2D eigenvalue weighted by Gasteiger charge is 2.14. The SMILES string of the molecule is CCN(CC)C(=O)c1cc2ccc(OC)cc2[nH]1. The first-order valence-corrected chi connectivity index (χ1v) is 6.15. The maximum absolute atomic E-state index is 12.2. The highest BCUT2D eigenvalue weighted by atomic mass is 16.5. The fourth-order valence-corrected chi connectivity index (χ4v) is 2.03. The number of H-pyrrole nitrogens is 1. The number of amides is 1. The molecule has 0 radical (unpaired) electrons. The molecule has 1 aromatic carbocycles. The first-order valence-electron chi connectivity index (χ1n) is 6.15. The normalized spacial score (nSPS) is 10.6. The van der Waals surface area contributed by atoms with Gasteiger partial charge in [-0.15, -0.1) is 0 Å². The number of rotatable bonds is 4. The predicted molar refractivity (Wildman–Crippen MR) is 72.1 cm³/mol. The van der Waals surface area contributed by atoms with Crippen molar-refractivity contribution in [3.05, 3.63) is 30.0 Å². The third-order valence-corrected chi connectivity index (χ3v) is 3.11. The van der Waals surface area contributed by atoms with E-state index in [0.29, 0.717) is 18.8 Å². The number of ether oxygens (including phenoxy) is 1. The van der Waals surface area contributed by atoms with Crippen LogP contribution in [-0.4, -0.2) is 36.0 Å². The van der Waals surface area contributed by atoms with Crippen molar-refractivity contribution in [1.29, 1.82) is 0 Å². The quantitative estimate of drug-likeness (QED) is 0.901. The van der Waals surface area contributed by atoms with Crippen LogP contribution in [0.25, 0.3) is 10.9 Å². The molecule has 0 aliphatic carbocycles. The number of fused-ring (bicyclic) bond motifs is 1. The number of benzene rings is 1. The van der Waals surface area contributed by atoms with Crippen LogP contribution in [0.5, 0.6) is 5.75 Å². The summed E-state index contributed by atoms with van der Waals surface area (Å²) in [5, 5.41) is 1.02. The van der Waals surface area contributed by atoms with Crippen molar-refractivity contribution in [1.82, 2.24) is 9.88 Å². The molecule has 96 valence electrons. The molecule has 0 aliphatic rings. The monoisotopic (exact) mass is 246 g/mol. The van der Waals surface area contributed by atoms with Gasteiger partial charge in [0.05, 0.1) is 7.11 Å². The van der Waals surface area contributed by atoms with Crippen molar-refractivity contribution in [3.63, 3.8) is 0 Å². The summed E-state index contributed by atoms with van der Waals surface area (Å²) in [5.41, 5.74) is 1.55. The first-order chi connectivity index (χ1) is 8.69. The molecular formula is C14H18N2O2. The van der Waals surface area contributed by atoms with Gasteiger partial charge in [-0.3, -0.25) is 4.79 Å². The maximum atomic E-state index is 12.2. The maximum Gasteiger partial charge on any atom is 0.270 e.